The predicted octanol–water partition coefficient (Wildman–Crippen LogP) is 2.26. The van der Waals surface area contributed by atoms with Crippen molar-refractivity contribution in [1.82, 2.24) is 10.2 Å². The average molecular weight is 254 g/mol. The molecule has 0 bridgehead atoms. The summed E-state index contributed by atoms with van der Waals surface area (Å²) in [7, 11) is 0. The van der Waals surface area contributed by atoms with Crippen LogP contribution in [0.3, 0.4) is 0 Å². The smallest absolute Gasteiger partial charge is 0.0728 e. The molecular formula is C15H30N2O. The van der Waals surface area contributed by atoms with Gasteiger partial charge in [0.2, 0.25) is 0 Å². The lowest BCUT2D eigenvalue weighted by atomic mass is 9.92. The van der Waals surface area contributed by atoms with Crippen molar-refractivity contribution in [2.45, 2.75) is 64.6 Å². The molecule has 3 nitrogen and oxygen atoms in total. The summed E-state index contributed by atoms with van der Waals surface area (Å²) in [5.41, 5.74) is 0.511. The van der Waals surface area contributed by atoms with E-state index in [1.165, 1.54) is 25.9 Å². The van der Waals surface area contributed by atoms with E-state index in [0.29, 0.717) is 6.10 Å². The molecule has 0 radical (unpaired) electrons. The quantitative estimate of drug-likeness (QED) is 0.836. The molecule has 0 amide bonds. The number of hydrogen-bond acceptors (Lipinski definition) is 3. The van der Waals surface area contributed by atoms with Crippen molar-refractivity contribution in [2.75, 3.05) is 26.2 Å². The van der Waals surface area contributed by atoms with Crippen LogP contribution in [0.2, 0.25) is 0 Å². The molecule has 1 N–H and O–H groups in total. The molecule has 106 valence electrons. The molecule has 2 aliphatic heterocycles. The van der Waals surface area contributed by atoms with Crippen molar-refractivity contribution in [3.63, 3.8) is 0 Å². The fourth-order valence-electron chi connectivity index (χ4n) is 3.15. The van der Waals surface area contributed by atoms with E-state index in [1.807, 2.05) is 0 Å². The van der Waals surface area contributed by atoms with E-state index < -0.39 is 0 Å². The number of nitrogens with one attached hydrogen (secondary N) is 1. The Balaban J connectivity index is 1.85. The highest BCUT2D eigenvalue weighted by Crippen LogP contribution is 2.35. The molecule has 0 aromatic carbocycles. The zero-order valence-corrected chi connectivity index (χ0v) is 12.8. The van der Waals surface area contributed by atoms with Crippen LogP contribution >= 0.6 is 0 Å². The molecule has 3 unspecified atom stereocenters. The van der Waals surface area contributed by atoms with Crippen molar-refractivity contribution in [3.05, 3.63) is 0 Å². The van der Waals surface area contributed by atoms with E-state index >= 15 is 0 Å². The Labute approximate surface area is 112 Å². The molecule has 0 saturated carbocycles. The van der Waals surface area contributed by atoms with Crippen molar-refractivity contribution in [1.29, 1.82) is 0 Å². The van der Waals surface area contributed by atoms with Crippen LogP contribution in [0.15, 0.2) is 0 Å². The molecule has 2 rings (SSSR count). The minimum Gasteiger partial charge on any atom is -0.377 e. The third-order valence-corrected chi connectivity index (χ3v) is 4.78. The Hall–Kier alpha value is -0.120. The number of likely N-dealkylation sites (tertiary alicyclic amines) is 1. The van der Waals surface area contributed by atoms with Crippen LogP contribution in [0.25, 0.3) is 0 Å². The molecule has 3 atom stereocenters. The lowest BCUT2D eigenvalue weighted by Gasteiger charge is -2.38. The summed E-state index contributed by atoms with van der Waals surface area (Å²) in [4.78, 5) is 2.67. The molecule has 0 aromatic rings. The van der Waals surface area contributed by atoms with Crippen LogP contribution in [-0.2, 0) is 4.74 Å². The summed E-state index contributed by atoms with van der Waals surface area (Å²) in [6.45, 7) is 15.9. The first-order valence-electron chi connectivity index (χ1n) is 7.43. The number of nitrogens with zero attached hydrogens (tertiary/aromatic N) is 1. The largest absolute Gasteiger partial charge is 0.377 e. The van der Waals surface area contributed by atoms with Crippen molar-refractivity contribution < 1.29 is 4.74 Å². The van der Waals surface area contributed by atoms with Gasteiger partial charge in [0, 0.05) is 24.2 Å². The summed E-state index contributed by atoms with van der Waals surface area (Å²) in [5, 5.41) is 3.64. The maximum atomic E-state index is 5.77. The summed E-state index contributed by atoms with van der Waals surface area (Å²) in [6, 6.07) is 0. The zero-order valence-electron chi connectivity index (χ0n) is 12.8. The minimum absolute atomic E-state index is 0.237. The van der Waals surface area contributed by atoms with Crippen LogP contribution in [0.4, 0.5) is 0 Å². The maximum absolute atomic E-state index is 5.77. The first kappa shape index (κ1) is 14.3. The molecule has 18 heavy (non-hydrogen) atoms. The van der Waals surface area contributed by atoms with Gasteiger partial charge in [0.15, 0.2) is 0 Å². The minimum atomic E-state index is 0.237. The predicted molar refractivity (Wildman–Crippen MR) is 75.9 cm³/mol. The van der Waals surface area contributed by atoms with Gasteiger partial charge in [0.25, 0.3) is 0 Å². The molecule has 2 saturated heterocycles. The van der Waals surface area contributed by atoms with Gasteiger partial charge < -0.3 is 10.1 Å². The van der Waals surface area contributed by atoms with Crippen LogP contribution in [0, 0.1) is 5.92 Å². The summed E-state index contributed by atoms with van der Waals surface area (Å²) in [5.74, 6) is 0.800. The number of rotatable bonds is 3. The van der Waals surface area contributed by atoms with E-state index in [-0.39, 0.29) is 11.1 Å². The molecule has 0 spiro atoms. The third-order valence-electron chi connectivity index (χ3n) is 4.78. The first-order chi connectivity index (χ1) is 8.31. The second kappa shape index (κ2) is 5.10. The van der Waals surface area contributed by atoms with E-state index in [9.17, 15) is 0 Å². The van der Waals surface area contributed by atoms with Crippen LogP contribution in [-0.4, -0.2) is 48.3 Å². The summed E-state index contributed by atoms with van der Waals surface area (Å²) >= 11 is 0. The molecule has 0 aromatic heterocycles. The average Bonchev–Trinajstić information content (AvgIpc) is 2.84. The van der Waals surface area contributed by atoms with Gasteiger partial charge in [-0.25, -0.2) is 0 Å². The summed E-state index contributed by atoms with van der Waals surface area (Å²) in [6.07, 6.45) is 2.89. The highest BCUT2D eigenvalue weighted by atomic mass is 16.5. The van der Waals surface area contributed by atoms with Gasteiger partial charge in [-0.05, 0) is 66.5 Å². The monoisotopic (exact) mass is 254 g/mol. The van der Waals surface area contributed by atoms with E-state index in [1.54, 1.807) is 0 Å². The van der Waals surface area contributed by atoms with E-state index in [0.717, 1.165) is 19.1 Å². The fourth-order valence-corrected chi connectivity index (χ4v) is 3.15. The van der Waals surface area contributed by atoms with Gasteiger partial charge in [-0.1, -0.05) is 0 Å². The fraction of sp³-hybridized carbons (Fsp3) is 1.00. The molecule has 3 heteroatoms. The Morgan fingerprint density at radius 1 is 1.39 bits per heavy atom. The Morgan fingerprint density at radius 2 is 2.11 bits per heavy atom. The number of ether oxygens (including phenoxy) is 1. The molecular weight excluding hydrogens is 224 g/mol. The number of hydrogen-bond donors (Lipinski definition) is 1. The lowest BCUT2D eigenvalue weighted by Crippen LogP contribution is -2.50. The second-order valence-corrected chi connectivity index (χ2v) is 7.35. The van der Waals surface area contributed by atoms with Crippen molar-refractivity contribution in [2.24, 2.45) is 5.92 Å². The highest BCUT2D eigenvalue weighted by Gasteiger charge is 2.44. The lowest BCUT2D eigenvalue weighted by molar-refractivity contribution is 0.0310. The van der Waals surface area contributed by atoms with Gasteiger partial charge in [-0.15, -0.1) is 0 Å². The SMILES string of the molecule is CC1OCCC1(C)N1CCC(CNC(C)(C)C)C1. The molecule has 2 aliphatic rings. The molecule has 0 aliphatic carbocycles. The highest BCUT2D eigenvalue weighted by molar-refractivity contribution is 4.98. The van der Waals surface area contributed by atoms with E-state index in [4.69, 9.17) is 4.74 Å². The Kier molecular flexibility index (Phi) is 4.05. The standard InChI is InChI=1S/C15H30N2O/c1-12-15(5,7-9-18-12)17-8-6-13(11-17)10-16-14(2,3)4/h12-13,16H,6-11H2,1-5H3. The van der Waals surface area contributed by atoms with Gasteiger partial charge in [0.1, 0.15) is 0 Å². The van der Waals surface area contributed by atoms with Crippen molar-refractivity contribution >= 4 is 0 Å². The third kappa shape index (κ3) is 3.06. The second-order valence-electron chi connectivity index (χ2n) is 7.35. The van der Waals surface area contributed by atoms with Gasteiger partial charge >= 0.3 is 0 Å². The normalized spacial score (nSPS) is 38.5. The van der Waals surface area contributed by atoms with Crippen LogP contribution in [0.1, 0.15) is 47.5 Å². The topological polar surface area (TPSA) is 24.5 Å². The van der Waals surface area contributed by atoms with Crippen LogP contribution < -0.4 is 5.32 Å². The Morgan fingerprint density at radius 3 is 2.67 bits per heavy atom. The van der Waals surface area contributed by atoms with Crippen molar-refractivity contribution in [3.8, 4) is 0 Å². The summed E-state index contributed by atoms with van der Waals surface area (Å²) < 4.78 is 5.77. The maximum Gasteiger partial charge on any atom is 0.0728 e. The zero-order chi connectivity index (χ0) is 13.4. The Bertz CT molecular complexity index is 287. The molecule has 2 fully saturated rings. The van der Waals surface area contributed by atoms with Crippen LogP contribution in [0.5, 0.6) is 0 Å². The van der Waals surface area contributed by atoms with Gasteiger partial charge in [0.05, 0.1) is 6.10 Å². The first-order valence-corrected chi connectivity index (χ1v) is 7.43. The van der Waals surface area contributed by atoms with Gasteiger partial charge in [-0.2, -0.15) is 0 Å². The van der Waals surface area contributed by atoms with Gasteiger partial charge in [-0.3, -0.25) is 4.90 Å². The molecule has 2 heterocycles. The van der Waals surface area contributed by atoms with E-state index in [2.05, 4.69) is 44.8 Å².